The van der Waals surface area contributed by atoms with Crippen LogP contribution in [-0.4, -0.2) is 11.4 Å². The Hall–Kier alpha value is -3.00. The van der Waals surface area contributed by atoms with Crippen LogP contribution in [0.25, 0.3) is 0 Å². The van der Waals surface area contributed by atoms with Gasteiger partial charge in [-0.15, -0.1) is 0 Å². The number of hydrogen-bond acceptors (Lipinski definition) is 2. The molecule has 1 heterocycles. The Morgan fingerprint density at radius 2 is 1.36 bits per heavy atom. The summed E-state index contributed by atoms with van der Waals surface area (Å²) in [5, 5.41) is 0. The summed E-state index contributed by atoms with van der Waals surface area (Å²) in [5.41, 5.74) is 7.86. The number of hydrogen-bond donors (Lipinski definition) is 0. The van der Waals surface area contributed by atoms with Crippen LogP contribution >= 0.6 is 0 Å². The molecule has 122 valence electrons. The number of aryl methyl sites for hydroxylation is 1. The second-order valence-electron chi connectivity index (χ2n) is 6.43. The van der Waals surface area contributed by atoms with Crippen molar-refractivity contribution < 1.29 is 0 Å². The van der Waals surface area contributed by atoms with Gasteiger partial charge in [0.05, 0.1) is 17.1 Å². The van der Waals surface area contributed by atoms with E-state index in [1.54, 1.807) is 0 Å². The van der Waals surface area contributed by atoms with Gasteiger partial charge in [0.1, 0.15) is 0 Å². The molecule has 3 aromatic carbocycles. The van der Waals surface area contributed by atoms with Gasteiger partial charge in [0.2, 0.25) is 0 Å². The summed E-state index contributed by atoms with van der Waals surface area (Å²) in [6.07, 6.45) is 1.62. The van der Waals surface area contributed by atoms with Crippen molar-refractivity contribution in [2.45, 2.75) is 19.8 Å². The minimum Gasteiger partial charge on any atom is -0.255 e. The highest BCUT2D eigenvalue weighted by Gasteiger charge is 2.15. The van der Waals surface area contributed by atoms with Crippen molar-refractivity contribution in [1.82, 2.24) is 0 Å². The molecule has 3 aromatic rings. The van der Waals surface area contributed by atoms with Crippen LogP contribution in [0.2, 0.25) is 0 Å². The third kappa shape index (κ3) is 3.58. The van der Waals surface area contributed by atoms with Crippen LogP contribution in [0, 0.1) is 6.92 Å². The lowest BCUT2D eigenvalue weighted by Gasteiger charge is -2.08. The molecule has 0 aliphatic carbocycles. The van der Waals surface area contributed by atoms with E-state index in [1.807, 2.05) is 30.3 Å². The lowest BCUT2D eigenvalue weighted by molar-refractivity contribution is 1.25. The van der Waals surface area contributed by atoms with Crippen LogP contribution in [-0.2, 0) is 6.42 Å². The van der Waals surface area contributed by atoms with Gasteiger partial charge in [-0.2, -0.15) is 0 Å². The molecule has 0 bridgehead atoms. The summed E-state index contributed by atoms with van der Waals surface area (Å²) in [6.45, 7) is 2.11. The molecule has 0 N–H and O–H groups in total. The molecule has 0 spiro atoms. The van der Waals surface area contributed by atoms with Crippen LogP contribution in [0.1, 0.15) is 23.1 Å². The minimum atomic E-state index is 0.770. The van der Waals surface area contributed by atoms with Gasteiger partial charge in [-0.3, -0.25) is 9.98 Å². The average Bonchev–Trinajstić information content (AvgIpc) is 2.83. The summed E-state index contributed by atoms with van der Waals surface area (Å²) in [4.78, 5) is 9.85. The van der Waals surface area contributed by atoms with Gasteiger partial charge in [-0.25, -0.2) is 0 Å². The quantitative estimate of drug-likeness (QED) is 0.578. The van der Waals surface area contributed by atoms with E-state index in [1.165, 1.54) is 11.1 Å². The Labute approximate surface area is 148 Å². The van der Waals surface area contributed by atoms with Gasteiger partial charge in [-0.1, -0.05) is 72.3 Å². The Balaban J connectivity index is 1.73. The molecule has 0 unspecified atom stereocenters. The van der Waals surface area contributed by atoms with Gasteiger partial charge in [0, 0.05) is 18.6 Å². The lowest BCUT2D eigenvalue weighted by atomic mass is 9.99. The third-order valence-electron chi connectivity index (χ3n) is 4.42. The van der Waals surface area contributed by atoms with E-state index in [-0.39, 0.29) is 0 Å². The molecule has 0 saturated heterocycles. The predicted octanol–water partition coefficient (Wildman–Crippen LogP) is 5.83. The van der Waals surface area contributed by atoms with E-state index in [9.17, 15) is 0 Å². The second-order valence-corrected chi connectivity index (χ2v) is 6.43. The van der Waals surface area contributed by atoms with Crippen LogP contribution in [0.4, 0.5) is 11.4 Å². The first-order valence-corrected chi connectivity index (χ1v) is 8.62. The van der Waals surface area contributed by atoms with Crippen LogP contribution < -0.4 is 0 Å². The minimum absolute atomic E-state index is 0.770. The van der Waals surface area contributed by atoms with Crippen molar-refractivity contribution in [1.29, 1.82) is 0 Å². The Morgan fingerprint density at radius 1 is 0.720 bits per heavy atom. The summed E-state index contributed by atoms with van der Waals surface area (Å²) in [7, 11) is 0. The van der Waals surface area contributed by atoms with Gasteiger partial charge in [0.25, 0.3) is 0 Å². The molecule has 2 nitrogen and oxygen atoms in total. The van der Waals surface area contributed by atoms with E-state index >= 15 is 0 Å². The van der Waals surface area contributed by atoms with Crippen molar-refractivity contribution in [3.63, 3.8) is 0 Å². The fraction of sp³-hybridized carbons (Fsp3) is 0.130. The summed E-state index contributed by atoms with van der Waals surface area (Å²) < 4.78 is 0. The number of fused-ring (bicyclic) bond motifs is 1. The highest BCUT2D eigenvalue weighted by Crippen LogP contribution is 2.32. The SMILES string of the molecule is Cc1ccc(CC2=Nc3ccccc3N=C(c3ccccc3)C2)cc1. The molecule has 0 fully saturated rings. The van der Waals surface area contributed by atoms with Crippen LogP contribution in [0.15, 0.2) is 88.8 Å². The zero-order valence-electron chi connectivity index (χ0n) is 14.3. The standard InChI is InChI=1S/C23H20N2/c1-17-11-13-18(14-12-17)15-20-16-23(19-7-3-2-4-8-19)25-22-10-6-5-9-21(22)24-20/h2-14H,15-16H2,1H3. The van der Waals surface area contributed by atoms with Gasteiger partial charge >= 0.3 is 0 Å². The van der Waals surface area contributed by atoms with Crippen LogP contribution in [0.3, 0.4) is 0 Å². The topological polar surface area (TPSA) is 24.7 Å². The number of nitrogens with zero attached hydrogens (tertiary/aromatic N) is 2. The van der Waals surface area contributed by atoms with E-state index in [2.05, 4.69) is 55.5 Å². The van der Waals surface area contributed by atoms with Crippen LogP contribution in [0.5, 0.6) is 0 Å². The number of benzene rings is 3. The van der Waals surface area contributed by atoms with Crippen molar-refractivity contribution in [3.8, 4) is 0 Å². The predicted molar refractivity (Wildman–Crippen MR) is 106 cm³/mol. The molecule has 0 aromatic heterocycles. The van der Waals surface area contributed by atoms with Gasteiger partial charge < -0.3 is 0 Å². The molecule has 1 aliphatic heterocycles. The van der Waals surface area contributed by atoms with Gasteiger partial charge in [0.15, 0.2) is 0 Å². The zero-order valence-corrected chi connectivity index (χ0v) is 14.3. The summed E-state index contributed by atoms with van der Waals surface area (Å²) in [5.74, 6) is 0. The molecule has 2 heteroatoms. The molecular weight excluding hydrogens is 304 g/mol. The molecule has 4 rings (SSSR count). The Bertz CT molecular complexity index is 935. The lowest BCUT2D eigenvalue weighted by Crippen LogP contribution is -2.11. The van der Waals surface area contributed by atoms with Crippen molar-refractivity contribution >= 4 is 22.8 Å². The normalized spacial score (nSPS) is 13.5. The largest absolute Gasteiger partial charge is 0.255 e. The summed E-state index contributed by atoms with van der Waals surface area (Å²) >= 11 is 0. The van der Waals surface area contributed by atoms with Crippen molar-refractivity contribution in [2.24, 2.45) is 9.98 Å². The second kappa shape index (κ2) is 6.86. The highest BCUT2D eigenvalue weighted by atomic mass is 14.9. The molecular formula is C23H20N2. The molecule has 0 radical (unpaired) electrons. The van der Waals surface area contributed by atoms with Crippen molar-refractivity contribution in [2.75, 3.05) is 0 Å². The number of rotatable bonds is 3. The maximum Gasteiger partial charge on any atom is 0.0889 e. The smallest absolute Gasteiger partial charge is 0.0889 e. The van der Waals surface area contributed by atoms with E-state index < -0.39 is 0 Å². The fourth-order valence-corrected chi connectivity index (χ4v) is 3.08. The molecule has 25 heavy (non-hydrogen) atoms. The van der Waals surface area contributed by atoms with E-state index in [0.717, 1.165) is 41.2 Å². The highest BCUT2D eigenvalue weighted by molar-refractivity contribution is 6.15. The molecule has 0 saturated carbocycles. The first kappa shape index (κ1) is 15.5. The van der Waals surface area contributed by atoms with Crippen molar-refractivity contribution in [3.05, 3.63) is 95.6 Å². The Morgan fingerprint density at radius 3 is 2.08 bits per heavy atom. The summed E-state index contributed by atoms with van der Waals surface area (Å²) in [6, 6.07) is 27.2. The zero-order chi connectivity index (χ0) is 17.1. The average molecular weight is 324 g/mol. The maximum absolute atomic E-state index is 4.93. The van der Waals surface area contributed by atoms with Gasteiger partial charge in [-0.05, 0) is 30.2 Å². The molecule has 0 atom stereocenters. The number of para-hydroxylation sites is 2. The van der Waals surface area contributed by atoms with E-state index in [0.29, 0.717) is 0 Å². The fourth-order valence-electron chi connectivity index (χ4n) is 3.08. The third-order valence-corrected chi connectivity index (χ3v) is 4.42. The molecule has 0 amide bonds. The first-order valence-electron chi connectivity index (χ1n) is 8.62. The molecule has 1 aliphatic rings. The monoisotopic (exact) mass is 324 g/mol. The van der Waals surface area contributed by atoms with E-state index in [4.69, 9.17) is 9.98 Å². The first-order chi connectivity index (χ1) is 12.3. The Kier molecular flexibility index (Phi) is 4.26. The number of aliphatic imine (C=N–C) groups is 2. The maximum atomic E-state index is 4.93.